The molecule has 2 atom stereocenters. The number of nitrogens with one attached hydrogen (secondary N) is 2. The topological polar surface area (TPSA) is 105 Å². The van der Waals surface area contributed by atoms with Gasteiger partial charge in [-0.3, -0.25) is 19.7 Å². The van der Waals surface area contributed by atoms with Gasteiger partial charge in [-0.15, -0.1) is 0 Å². The van der Waals surface area contributed by atoms with Crippen molar-refractivity contribution in [1.29, 1.82) is 0 Å². The van der Waals surface area contributed by atoms with Gasteiger partial charge in [0.15, 0.2) is 0 Å². The number of carbonyl (C=O) groups excluding carboxylic acids is 4. The van der Waals surface area contributed by atoms with E-state index in [9.17, 15) is 19.2 Å². The Labute approximate surface area is 170 Å². The van der Waals surface area contributed by atoms with Crippen LogP contribution < -0.4 is 10.6 Å². The molecule has 2 N–H and O–H groups in total. The lowest BCUT2D eigenvalue weighted by atomic mass is 10.1. The number of carbonyl (C=O) groups is 4. The fourth-order valence-corrected chi connectivity index (χ4v) is 3.95. The fourth-order valence-electron chi connectivity index (χ4n) is 3.95. The van der Waals surface area contributed by atoms with Crippen molar-refractivity contribution >= 4 is 23.8 Å². The van der Waals surface area contributed by atoms with Crippen LogP contribution >= 0.6 is 0 Å². The van der Waals surface area contributed by atoms with Crippen LogP contribution in [0.5, 0.6) is 0 Å². The van der Waals surface area contributed by atoms with E-state index in [0.717, 1.165) is 25.7 Å². The summed E-state index contributed by atoms with van der Waals surface area (Å²) in [6.07, 6.45) is 2.96. The van der Waals surface area contributed by atoms with Crippen LogP contribution in [0.4, 0.5) is 4.79 Å². The third kappa shape index (κ3) is 5.13. The van der Waals surface area contributed by atoms with E-state index in [-0.39, 0.29) is 18.4 Å². The third-order valence-electron chi connectivity index (χ3n) is 5.41. The number of hydrogen-bond acceptors (Lipinski definition) is 5. The van der Waals surface area contributed by atoms with E-state index in [1.54, 1.807) is 42.2 Å². The molecule has 0 radical (unpaired) electrons. The molecule has 0 aromatic heterocycles. The smallest absolute Gasteiger partial charge is 0.321 e. The Kier molecular flexibility index (Phi) is 6.85. The lowest BCUT2D eigenvalue weighted by Gasteiger charge is -2.24. The minimum atomic E-state index is -1.26. The minimum absolute atomic E-state index is 0.0399. The molecule has 29 heavy (non-hydrogen) atoms. The number of imide groups is 1. The SMILES string of the molecule is CCNC(=O)NC(=O)[C@H](OC(=O)[C@H]1CC(=O)N(C2CCCC2)C1)c1ccccc1. The predicted octanol–water partition coefficient (Wildman–Crippen LogP) is 1.91. The number of benzene rings is 1. The van der Waals surface area contributed by atoms with Crippen LogP contribution in [-0.4, -0.2) is 47.8 Å². The van der Waals surface area contributed by atoms with Gasteiger partial charge >= 0.3 is 12.0 Å². The van der Waals surface area contributed by atoms with Crippen LogP contribution in [0, 0.1) is 5.92 Å². The molecule has 8 nitrogen and oxygen atoms in total. The molecule has 1 saturated heterocycles. The maximum absolute atomic E-state index is 12.8. The summed E-state index contributed by atoms with van der Waals surface area (Å²) in [6.45, 7) is 2.41. The highest BCUT2D eigenvalue weighted by atomic mass is 16.5. The molecule has 156 valence electrons. The standard InChI is InChI=1S/C21H27N3O5/c1-2-22-21(28)23-19(26)18(14-8-4-3-5-9-14)29-20(27)15-12-17(25)24(13-15)16-10-6-7-11-16/h3-5,8-9,15-16,18H,2,6-7,10-13H2,1H3,(H2,22,23,26,28)/t15-,18+/m0/s1. The lowest BCUT2D eigenvalue weighted by molar-refractivity contribution is -0.159. The summed E-state index contributed by atoms with van der Waals surface area (Å²) in [4.78, 5) is 51.2. The van der Waals surface area contributed by atoms with Crippen LogP contribution in [0.25, 0.3) is 0 Å². The normalized spacial score (nSPS) is 20.4. The first-order valence-electron chi connectivity index (χ1n) is 10.1. The zero-order valence-corrected chi connectivity index (χ0v) is 16.6. The van der Waals surface area contributed by atoms with Crippen LogP contribution in [0.15, 0.2) is 30.3 Å². The molecule has 2 fully saturated rings. The molecule has 1 saturated carbocycles. The highest BCUT2D eigenvalue weighted by molar-refractivity contribution is 5.98. The molecule has 2 aliphatic rings. The summed E-state index contributed by atoms with van der Waals surface area (Å²) >= 11 is 0. The van der Waals surface area contributed by atoms with Gasteiger partial charge in [-0.05, 0) is 19.8 Å². The summed E-state index contributed by atoms with van der Waals surface area (Å²) in [6, 6.07) is 8.07. The third-order valence-corrected chi connectivity index (χ3v) is 5.41. The lowest BCUT2D eigenvalue weighted by Crippen LogP contribution is -2.43. The highest BCUT2D eigenvalue weighted by Crippen LogP contribution is 2.31. The van der Waals surface area contributed by atoms with Crippen molar-refractivity contribution in [3.8, 4) is 0 Å². The van der Waals surface area contributed by atoms with Gasteiger partial charge in [0.05, 0.1) is 5.92 Å². The summed E-state index contributed by atoms with van der Waals surface area (Å²) < 4.78 is 5.51. The van der Waals surface area contributed by atoms with Gasteiger partial charge in [-0.1, -0.05) is 43.2 Å². The maximum atomic E-state index is 12.8. The number of likely N-dealkylation sites (tertiary alicyclic amines) is 1. The molecule has 3 rings (SSSR count). The van der Waals surface area contributed by atoms with Crippen molar-refractivity contribution in [2.24, 2.45) is 5.92 Å². The Hall–Kier alpha value is -2.90. The van der Waals surface area contributed by atoms with Crippen molar-refractivity contribution < 1.29 is 23.9 Å². The van der Waals surface area contributed by atoms with Crippen LogP contribution in [-0.2, 0) is 19.1 Å². The van der Waals surface area contributed by atoms with Crippen molar-refractivity contribution in [3.05, 3.63) is 35.9 Å². The molecule has 1 heterocycles. The van der Waals surface area contributed by atoms with Gasteiger partial charge in [0.1, 0.15) is 0 Å². The summed E-state index contributed by atoms with van der Waals surface area (Å²) in [5.74, 6) is -1.97. The first kappa shape index (κ1) is 20.8. The second-order valence-electron chi connectivity index (χ2n) is 7.46. The Balaban J connectivity index is 1.68. The quantitative estimate of drug-likeness (QED) is 0.709. The van der Waals surface area contributed by atoms with Gasteiger partial charge in [-0.2, -0.15) is 0 Å². The second-order valence-corrected chi connectivity index (χ2v) is 7.46. The van der Waals surface area contributed by atoms with Crippen LogP contribution in [0.2, 0.25) is 0 Å². The molecule has 0 bridgehead atoms. The molecule has 1 aliphatic heterocycles. The Bertz CT molecular complexity index is 761. The van der Waals surface area contributed by atoms with Crippen molar-refractivity contribution in [1.82, 2.24) is 15.5 Å². The molecule has 0 spiro atoms. The van der Waals surface area contributed by atoms with E-state index >= 15 is 0 Å². The monoisotopic (exact) mass is 401 g/mol. The highest BCUT2D eigenvalue weighted by Gasteiger charge is 2.41. The van der Waals surface area contributed by atoms with Gasteiger partial charge in [0, 0.05) is 31.1 Å². The number of rotatable bonds is 6. The zero-order chi connectivity index (χ0) is 20.8. The van der Waals surface area contributed by atoms with E-state index in [1.165, 1.54) is 0 Å². The fraction of sp³-hybridized carbons (Fsp3) is 0.524. The molecule has 1 aromatic carbocycles. The number of nitrogens with zero attached hydrogens (tertiary/aromatic N) is 1. The molecule has 8 heteroatoms. The van der Waals surface area contributed by atoms with E-state index in [1.807, 2.05) is 0 Å². The predicted molar refractivity (Wildman–Crippen MR) is 105 cm³/mol. The van der Waals surface area contributed by atoms with Gasteiger partial charge in [-0.25, -0.2) is 4.79 Å². The molecule has 1 aliphatic carbocycles. The number of esters is 1. The second kappa shape index (κ2) is 9.54. The molecular weight excluding hydrogens is 374 g/mol. The van der Waals surface area contributed by atoms with E-state index < -0.39 is 29.9 Å². The summed E-state index contributed by atoms with van der Waals surface area (Å²) in [5, 5.41) is 4.67. The number of amides is 4. The van der Waals surface area contributed by atoms with Crippen molar-refractivity contribution in [2.45, 2.75) is 51.2 Å². The largest absolute Gasteiger partial charge is 0.447 e. The zero-order valence-electron chi connectivity index (χ0n) is 16.6. The number of urea groups is 1. The van der Waals surface area contributed by atoms with Crippen LogP contribution in [0.3, 0.4) is 0 Å². The van der Waals surface area contributed by atoms with Crippen molar-refractivity contribution in [2.75, 3.05) is 13.1 Å². The van der Waals surface area contributed by atoms with E-state index in [2.05, 4.69) is 10.6 Å². The Morgan fingerprint density at radius 3 is 2.52 bits per heavy atom. The average molecular weight is 401 g/mol. The van der Waals surface area contributed by atoms with Crippen LogP contribution in [0.1, 0.15) is 50.7 Å². The van der Waals surface area contributed by atoms with Gasteiger partial charge in [0.25, 0.3) is 5.91 Å². The first-order chi connectivity index (χ1) is 14.0. The summed E-state index contributed by atoms with van der Waals surface area (Å²) in [7, 11) is 0. The molecule has 0 unspecified atom stereocenters. The number of hydrogen-bond donors (Lipinski definition) is 2. The van der Waals surface area contributed by atoms with Crippen molar-refractivity contribution in [3.63, 3.8) is 0 Å². The summed E-state index contributed by atoms with van der Waals surface area (Å²) in [5.41, 5.74) is 0.458. The van der Waals surface area contributed by atoms with Gasteiger partial charge < -0.3 is 15.0 Å². The Morgan fingerprint density at radius 2 is 1.86 bits per heavy atom. The number of ether oxygens (including phenoxy) is 1. The van der Waals surface area contributed by atoms with E-state index in [0.29, 0.717) is 18.7 Å². The maximum Gasteiger partial charge on any atom is 0.321 e. The van der Waals surface area contributed by atoms with Gasteiger partial charge in [0.2, 0.25) is 12.0 Å². The molecular formula is C21H27N3O5. The minimum Gasteiger partial charge on any atom is -0.447 e. The Morgan fingerprint density at radius 1 is 1.17 bits per heavy atom. The molecule has 4 amide bonds. The molecule has 1 aromatic rings. The first-order valence-corrected chi connectivity index (χ1v) is 10.1. The average Bonchev–Trinajstić information content (AvgIpc) is 3.36. The van der Waals surface area contributed by atoms with E-state index in [4.69, 9.17) is 4.74 Å².